The number of ether oxygens (including phenoxy) is 2. The van der Waals surface area contributed by atoms with E-state index < -0.39 is 0 Å². The molecule has 4 nitrogen and oxygen atoms in total. The zero-order valence-corrected chi connectivity index (χ0v) is 16.4. The Hall–Kier alpha value is -2.11. The highest BCUT2D eigenvalue weighted by molar-refractivity contribution is 7.20. The van der Waals surface area contributed by atoms with Crippen molar-refractivity contribution in [3.8, 4) is 16.7 Å². The molecule has 0 saturated heterocycles. The number of hydrogen-bond donors (Lipinski definition) is 1. The molecule has 3 aromatic rings. The molecule has 2 aromatic carbocycles. The van der Waals surface area contributed by atoms with E-state index in [0.29, 0.717) is 16.9 Å². The summed E-state index contributed by atoms with van der Waals surface area (Å²) >= 11 is 1.54. The van der Waals surface area contributed by atoms with Gasteiger partial charge in [0.15, 0.2) is 11.5 Å². The van der Waals surface area contributed by atoms with E-state index in [9.17, 15) is 5.11 Å². The fraction of sp³-hybridized carbons (Fsp3) is 0.409. The van der Waals surface area contributed by atoms with E-state index in [1.165, 1.54) is 24.2 Å². The second kappa shape index (κ2) is 8.28. The van der Waals surface area contributed by atoms with Crippen molar-refractivity contribution in [1.82, 2.24) is 4.98 Å². The largest absolute Gasteiger partial charge is 0.489 e. The summed E-state index contributed by atoms with van der Waals surface area (Å²) in [5.74, 6) is 2.14. The van der Waals surface area contributed by atoms with E-state index in [2.05, 4.69) is 11.1 Å². The number of fused-ring (bicyclic) bond motifs is 1. The maximum Gasteiger partial charge on any atom is 0.279 e. The molecule has 27 heavy (non-hydrogen) atoms. The third-order valence-corrected chi connectivity index (χ3v) is 5.80. The van der Waals surface area contributed by atoms with Crippen molar-refractivity contribution in [2.45, 2.75) is 45.1 Å². The fourth-order valence-electron chi connectivity index (χ4n) is 2.92. The minimum absolute atomic E-state index is 0.250. The molecule has 0 bridgehead atoms. The molecule has 1 aromatic heterocycles. The summed E-state index contributed by atoms with van der Waals surface area (Å²) < 4.78 is 13.3. The molecule has 1 N–H and O–H groups in total. The highest BCUT2D eigenvalue weighted by Crippen LogP contribution is 2.38. The molecule has 1 aliphatic rings. The van der Waals surface area contributed by atoms with Gasteiger partial charge in [-0.2, -0.15) is 0 Å². The summed E-state index contributed by atoms with van der Waals surface area (Å²) in [7, 11) is 0. The zero-order valence-electron chi connectivity index (χ0n) is 15.6. The Morgan fingerprint density at radius 2 is 2.04 bits per heavy atom. The van der Waals surface area contributed by atoms with Crippen LogP contribution in [0.4, 0.5) is 0 Å². The minimum Gasteiger partial charge on any atom is -0.489 e. The van der Waals surface area contributed by atoms with Gasteiger partial charge < -0.3 is 14.6 Å². The number of thiazole rings is 1. The number of aromatic nitrogens is 1. The van der Waals surface area contributed by atoms with Gasteiger partial charge in [-0.1, -0.05) is 36.5 Å². The summed E-state index contributed by atoms with van der Waals surface area (Å²) in [5.41, 5.74) is 2.10. The number of rotatable bonds is 9. The second-order valence-electron chi connectivity index (χ2n) is 7.19. The summed E-state index contributed by atoms with van der Waals surface area (Å²) in [4.78, 5) is 4.56. The van der Waals surface area contributed by atoms with E-state index in [0.717, 1.165) is 47.4 Å². The van der Waals surface area contributed by atoms with Gasteiger partial charge >= 0.3 is 0 Å². The zero-order chi connectivity index (χ0) is 18.6. The van der Waals surface area contributed by atoms with Crippen molar-refractivity contribution in [3.05, 3.63) is 48.0 Å². The van der Waals surface area contributed by atoms with E-state index >= 15 is 0 Å². The topological polar surface area (TPSA) is 51.6 Å². The van der Waals surface area contributed by atoms with Crippen LogP contribution in [0.15, 0.2) is 42.5 Å². The summed E-state index contributed by atoms with van der Waals surface area (Å²) in [6, 6.07) is 14.1. The van der Waals surface area contributed by atoms with Gasteiger partial charge in [0, 0.05) is 0 Å². The average molecular weight is 384 g/mol. The Labute approximate surface area is 163 Å². The summed E-state index contributed by atoms with van der Waals surface area (Å²) in [6.45, 7) is 2.74. The first-order chi connectivity index (χ1) is 13.2. The molecule has 0 amide bonds. The first kappa shape index (κ1) is 18.3. The monoisotopic (exact) mass is 383 g/mol. The lowest BCUT2D eigenvalue weighted by atomic mass is 10.0. The van der Waals surface area contributed by atoms with Crippen LogP contribution in [0, 0.1) is 5.92 Å². The second-order valence-corrected chi connectivity index (χ2v) is 8.18. The lowest BCUT2D eigenvalue weighted by Crippen LogP contribution is -2.06. The van der Waals surface area contributed by atoms with Crippen LogP contribution >= 0.6 is 11.3 Å². The van der Waals surface area contributed by atoms with Crippen LogP contribution in [-0.2, 0) is 6.42 Å². The smallest absolute Gasteiger partial charge is 0.279 e. The number of aliphatic hydroxyl groups excluding tert-OH is 1. The molecule has 1 saturated carbocycles. The third-order valence-electron chi connectivity index (χ3n) is 4.89. The maximum atomic E-state index is 9.83. The number of para-hydroxylation sites is 1. The molecule has 0 radical (unpaired) electrons. The lowest BCUT2D eigenvalue weighted by molar-refractivity contribution is 0.160. The van der Waals surface area contributed by atoms with Crippen LogP contribution in [0.5, 0.6) is 16.7 Å². The van der Waals surface area contributed by atoms with Crippen LogP contribution < -0.4 is 9.47 Å². The van der Waals surface area contributed by atoms with Crippen LogP contribution in [0.2, 0.25) is 0 Å². The van der Waals surface area contributed by atoms with Gasteiger partial charge in [0.05, 0.1) is 22.9 Å². The van der Waals surface area contributed by atoms with Gasteiger partial charge in [0.2, 0.25) is 0 Å². The van der Waals surface area contributed by atoms with Gasteiger partial charge in [-0.15, -0.1) is 0 Å². The Balaban J connectivity index is 1.53. The van der Waals surface area contributed by atoms with E-state index in [1.54, 1.807) is 0 Å². The average Bonchev–Trinajstić information content (AvgIpc) is 3.43. The number of nitrogens with zero attached hydrogens (tertiary/aromatic N) is 1. The third kappa shape index (κ3) is 4.79. The highest BCUT2D eigenvalue weighted by atomic mass is 32.1. The van der Waals surface area contributed by atoms with E-state index in [4.69, 9.17) is 9.47 Å². The molecule has 1 fully saturated rings. The van der Waals surface area contributed by atoms with Crippen LogP contribution in [0.3, 0.4) is 0 Å². The SMILES string of the molecule is CCC(O)CCc1ccc(Oc2nc3ccccc3s2)c(OCC2CC2)c1. The molecule has 1 aliphatic carbocycles. The van der Waals surface area contributed by atoms with Crippen LogP contribution in [0.25, 0.3) is 10.2 Å². The predicted molar refractivity (Wildman–Crippen MR) is 109 cm³/mol. The Bertz CT molecular complexity index is 870. The maximum absolute atomic E-state index is 9.83. The van der Waals surface area contributed by atoms with E-state index in [1.807, 2.05) is 43.3 Å². The molecular weight excluding hydrogens is 358 g/mol. The van der Waals surface area contributed by atoms with Crippen LogP contribution in [-0.4, -0.2) is 22.8 Å². The highest BCUT2D eigenvalue weighted by Gasteiger charge is 2.23. The normalized spacial score (nSPS) is 15.0. The van der Waals surface area contributed by atoms with Gasteiger partial charge in [-0.3, -0.25) is 0 Å². The fourth-order valence-corrected chi connectivity index (χ4v) is 3.75. The Kier molecular flexibility index (Phi) is 5.60. The summed E-state index contributed by atoms with van der Waals surface area (Å²) in [5, 5.41) is 10.5. The first-order valence-electron chi connectivity index (χ1n) is 9.68. The molecule has 5 heteroatoms. The number of aryl methyl sites for hydroxylation is 1. The quantitative estimate of drug-likeness (QED) is 0.524. The molecule has 4 rings (SSSR count). The van der Waals surface area contributed by atoms with Crippen molar-refractivity contribution < 1.29 is 14.6 Å². The molecule has 1 unspecified atom stereocenters. The lowest BCUT2D eigenvalue weighted by Gasteiger charge is -2.13. The van der Waals surface area contributed by atoms with Crippen molar-refractivity contribution in [2.24, 2.45) is 5.92 Å². The van der Waals surface area contributed by atoms with Gasteiger partial charge in [-0.05, 0) is 67.9 Å². The summed E-state index contributed by atoms with van der Waals surface area (Å²) in [6.07, 6.45) is 4.61. The number of aliphatic hydroxyl groups is 1. The molecule has 1 atom stereocenters. The Morgan fingerprint density at radius 3 is 2.81 bits per heavy atom. The van der Waals surface area contributed by atoms with Gasteiger partial charge in [0.25, 0.3) is 5.19 Å². The predicted octanol–water partition coefficient (Wildman–Crippen LogP) is 5.58. The molecule has 0 spiro atoms. The van der Waals surface area contributed by atoms with Gasteiger partial charge in [0.1, 0.15) is 0 Å². The van der Waals surface area contributed by atoms with Crippen molar-refractivity contribution in [1.29, 1.82) is 0 Å². The first-order valence-corrected chi connectivity index (χ1v) is 10.5. The van der Waals surface area contributed by atoms with Crippen LogP contribution in [0.1, 0.15) is 38.2 Å². The van der Waals surface area contributed by atoms with E-state index in [-0.39, 0.29) is 6.10 Å². The Morgan fingerprint density at radius 1 is 1.19 bits per heavy atom. The standard InChI is InChI=1S/C22H25NO3S/c1-2-17(24)11-9-15-10-12-19(20(13-15)25-14-16-7-8-16)26-22-23-18-5-3-4-6-21(18)27-22/h3-6,10,12-13,16-17,24H,2,7-9,11,14H2,1H3. The van der Waals surface area contributed by atoms with Gasteiger partial charge in [-0.25, -0.2) is 4.98 Å². The molecular formula is C22H25NO3S. The number of benzene rings is 2. The minimum atomic E-state index is -0.250. The van der Waals surface area contributed by atoms with Crippen molar-refractivity contribution in [2.75, 3.05) is 6.61 Å². The molecule has 142 valence electrons. The van der Waals surface area contributed by atoms with Crippen molar-refractivity contribution >= 4 is 21.6 Å². The molecule has 1 heterocycles. The molecule has 0 aliphatic heterocycles. The van der Waals surface area contributed by atoms with Crippen molar-refractivity contribution in [3.63, 3.8) is 0 Å². The number of hydrogen-bond acceptors (Lipinski definition) is 5.